The molecular formula is C22H25N7OS. The number of imidazole rings is 1. The predicted octanol–water partition coefficient (Wildman–Crippen LogP) is 3.71. The van der Waals surface area contributed by atoms with Crippen LogP contribution in [0.3, 0.4) is 0 Å². The summed E-state index contributed by atoms with van der Waals surface area (Å²) in [5.74, 6) is 0.315. The highest BCUT2D eigenvalue weighted by molar-refractivity contribution is 7.13. The van der Waals surface area contributed by atoms with Crippen LogP contribution in [0.2, 0.25) is 0 Å². The maximum Gasteiger partial charge on any atom is 0.255 e. The second kappa shape index (κ2) is 9.22. The van der Waals surface area contributed by atoms with E-state index >= 15 is 0 Å². The fourth-order valence-electron chi connectivity index (χ4n) is 3.34. The second-order valence-electron chi connectivity index (χ2n) is 7.38. The van der Waals surface area contributed by atoms with Crippen LogP contribution in [0.4, 0.5) is 0 Å². The lowest BCUT2D eigenvalue weighted by Gasteiger charge is -2.11. The van der Waals surface area contributed by atoms with Gasteiger partial charge in [-0.15, -0.1) is 11.3 Å². The highest BCUT2D eigenvalue weighted by atomic mass is 32.1. The van der Waals surface area contributed by atoms with Crippen LogP contribution in [0.5, 0.6) is 0 Å². The number of unbranched alkanes of at least 4 members (excludes halogenated alkanes) is 1. The topological polar surface area (TPSA) is 90.5 Å². The molecule has 0 aromatic carbocycles. The maximum absolute atomic E-state index is 13.0. The van der Waals surface area contributed by atoms with Crippen molar-refractivity contribution in [2.75, 3.05) is 0 Å². The SMILES string of the molecule is CCCCc1c(C(=O)NCc2cncn2C)cnn1-c1ncc(C)c(-c2cccs2)n1. The molecule has 4 aromatic rings. The van der Waals surface area contributed by atoms with Crippen molar-refractivity contribution < 1.29 is 4.79 Å². The summed E-state index contributed by atoms with van der Waals surface area (Å²) < 4.78 is 3.58. The lowest BCUT2D eigenvalue weighted by molar-refractivity contribution is 0.0949. The molecular weight excluding hydrogens is 410 g/mol. The van der Waals surface area contributed by atoms with Crippen molar-refractivity contribution in [1.82, 2.24) is 34.6 Å². The summed E-state index contributed by atoms with van der Waals surface area (Å²) in [7, 11) is 1.90. The van der Waals surface area contributed by atoms with Crippen molar-refractivity contribution in [3.8, 4) is 16.5 Å². The van der Waals surface area contributed by atoms with E-state index in [4.69, 9.17) is 4.98 Å². The Morgan fingerprint density at radius 1 is 1.26 bits per heavy atom. The molecule has 0 spiro atoms. The molecule has 0 aliphatic heterocycles. The monoisotopic (exact) mass is 435 g/mol. The molecule has 0 aliphatic carbocycles. The molecule has 0 saturated heterocycles. The van der Waals surface area contributed by atoms with E-state index in [1.807, 2.05) is 42.2 Å². The predicted molar refractivity (Wildman–Crippen MR) is 120 cm³/mol. The molecule has 9 heteroatoms. The fourth-order valence-corrected chi connectivity index (χ4v) is 4.12. The summed E-state index contributed by atoms with van der Waals surface area (Å²) >= 11 is 1.64. The van der Waals surface area contributed by atoms with Crippen LogP contribution in [-0.4, -0.2) is 35.2 Å². The number of rotatable bonds is 8. The quantitative estimate of drug-likeness (QED) is 0.456. The lowest BCUT2D eigenvalue weighted by Crippen LogP contribution is -2.25. The van der Waals surface area contributed by atoms with Crippen LogP contribution in [0.25, 0.3) is 16.5 Å². The number of hydrogen-bond donors (Lipinski definition) is 1. The number of aryl methyl sites for hydroxylation is 2. The van der Waals surface area contributed by atoms with Crippen LogP contribution in [-0.2, 0) is 20.0 Å². The van der Waals surface area contributed by atoms with Gasteiger partial charge in [0.05, 0.1) is 46.6 Å². The normalized spacial score (nSPS) is 11.1. The Kier molecular flexibility index (Phi) is 6.22. The number of hydrogen-bond acceptors (Lipinski definition) is 6. The van der Waals surface area contributed by atoms with Gasteiger partial charge in [0.2, 0.25) is 0 Å². The molecule has 160 valence electrons. The molecule has 0 atom stereocenters. The highest BCUT2D eigenvalue weighted by Gasteiger charge is 2.20. The number of aromatic nitrogens is 6. The van der Waals surface area contributed by atoms with Crippen molar-refractivity contribution in [1.29, 1.82) is 0 Å². The minimum Gasteiger partial charge on any atom is -0.346 e. The maximum atomic E-state index is 13.0. The summed E-state index contributed by atoms with van der Waals surface area (Å²) in [6.45, 7) is 4.52. The van der Waals surface area contributed by atoms with E-state index in [0.29, 0.717) is 18.1 Å². The van der Waals surface area contributed by atoms with E-state index < -0.39 is 0 Å². The van der Waals surface area contributed by atoms with Crippen LogP contribution in [0.1, 0.15) is 47.1 Å². The molecule has 0 aliphatic rings. The molecule has 0 radical (unpaired) electrons. The van der Waals surface area contributed by atoms with Crippen molar-refractivity contribution >= 4 is 17.2 Å². The number of carbonyl (C=O) groups is 1. The number of thiophene rings is 1. The second-order valence-corrected chi connectivity index (χ2v) is 8.33. The van der Waals surface area contributed by atoms with Gasteiger partial charge >= 0.3 is 0 Å². The molecule has 1 amide bonds. The zero-order valence-electron chi connectivity index (χ0n) is 17.9. The summed E-state index contributed by atoms with van der Waals surface area (Å²) in [6, 6.07) is 4.05. The Labute approximate surface area is 185 Å². The van der Waals surface area contributed by atoms with Gasteiger partial charge in [-0.2, -0.15) is 5.10 Å². The Morgan fingerprint density at radius 2 is 2.13 bits per heavy atom. The third kappa shape index (κ3) is 4.41. The highest BCUT2D eigenvalue weighted by Crippen LogP contribution is 2.26. The van der Waals surface area contributed by atoms with Gasteiger partial charge in [-0.25, -0.2) is 19.6 Å². The first-order valence-electron chi connectivity index (χ1n) is 10.3. The van der Waals surface area contributed by atoms with E-state index in [1.165, 1.54) is 0 Å². The average Bonchev–Trinajstić information content (AvgIpc) is 3.52. The minimum absolute atomic E-state index is 0.163. The van der Waals surface area contributed by atoms with Crippen molar-refractivity contribution in [2.45, 2.75) is 39.7 Å². The fraction of sp³-hybridized carbons (Fsp3) is 0.318. The van der Waals surface area contributed by atoms with Gasteiger partial charge in [-0.3, -0.25) is 4.79 Å². The van der Waals surface area contributed by atoms with Gasteiger partial charge < -0.3 is 9.88 Å². The Hall–Kier alpha value is -3.33. The van der Waals surface area contributed by atoms with Gasteiger partial charge in [-0.05, 0) is 36.8 Å². The Balaban J connectivity index is 1.66. The first kappa shape index (κ1) is 20.9. The molecule has 0 bridgehead atoms. The van der Waals surface area contributed by atoms with E-state index in [9.17, 15) is 4.79 Å². The van der Waals surface area contributed by atoms with Gasteiger partial charge in [-0.1, -0.05) is 19.4 Å². The van der Waals surface area contributed by atoms with Gasteiger partial charge in [0.1, 0.15) is 0 Å². The molecule has 4 heterocycles. The van der Waals surface area contributed by atoms with E-state index in [2.05, 4.69) is 27.3 Å². The van der Waals surface area contributed by atoms with Gasteiger partial charge in [0.25, 0.3) is 11.9 Å². The summed E-state index contributed by atoms with van der Waals surface area (Å²) in [6.07, 6.45) is 9.55. The summed E-state index contributed by atoms with van der Waals surface area (Å²) in [4.78, 5) is 27.4. The molecule has 31 heavy (non-hydrogen) atoms. The number of amides is 1. The van der Waals surface area contributed by atoms with Crippen LogP contribution in [0, 0.1) is 6.92 Å². The summed E-state index contributed by atoms with van der Waals surface area (Å²) in [5.41, 5.74) is 4.20. The van der Waals surface area contributed by atoms with E-state index in [1.54, 1.807) is 34.7 Å². The standard InChI is InChI=1S/C22H25N7OS/c1-4-5-7-18-17(21(30)24-12-16-11-23-14-28(16)3)13-26-29(18)22-25-10-15(2)20(27-22)19-8-6-9-31-19/h6,8-11,13-14H,4-5,7,12H2,1-3H3,(H,24,30). The molecule has 8 nitrogen and oxygen atoms in total. The average molecular weight is 436 g/mol. The van der Waals surface area contributed by atoms with E-state index in [0.717, 1.165) is 46.8 Å². The van der Waals surface area contributed by atoms with Gasteiger partial charge in [0, 0.05) is 19.4 Å². The lowest BCUT2D eigenvalue weighted by atomic mass is 10.1. The zero-order chi connectivity index (χ0) is 21.8. The van der Waals surface area contributed by atoms with Crippen LogP contribution < -0.4 is 5.32 Å². The Bertz CT molecular complexity index is 1180. The number of carbonyl (C=O) groups excluding carboxylic acids is 1. The van der Waals surface area contributed by atoms with Crippen molar-refractivity contribution in [3.05, 3.63) is 64.9 Å². The largest absolute Gasteiger partial charge is 0.346 e. The number of nitrogens with one attached hydrogen (secondary N) is 1. The summed E-state index contributed by atoms with van der Waals surface area (Å²) in [5, 5.41) is 9.50. The first-order valence-corrected chi connectivity index (χ1v) is 11.1. The molecule has 0 saturated carbocycles. The molecule has 0 fully saturated rings. The smallest absolute Gasteiger partial charge is 0.255 e. The molecule has 1 N–H and O–H groups in total. The third-order valence-corrected chi connectivity index (χ3v) is 6.01. The van der Waals surface area contributed by atoms with Gasteiger partial charge in [0.15, 0.2) is 0 Å². The van der Waals surface area contributed by atoms with Crippen LogP contribution in [0.15, 0.2) is 42.4 Å². The zero-order valence-corrected chi connectivity index (χ0v) is 18.7. The van der Waals surface area contributed by atoms with Crippen molar-refractivity contribution in [3.63, 3.8) is 0 Å². The van der Waals surface area contributed by atoms with Crippen molar-refractivity contribution in [2.24, 2.45) is 7.05 Å². The van der Waals surface area contributed by atoms with E-state index in [-0.39, 0.29) is 5.91 Å². The molecule has 0 unspecified atom stereocenters. The van der Waals surface area contributed by atoms with Crippen LogP contribution >= 0.6 is 11.3 Å². The number of nitrogens with zero attached hydrogens (tertiary/aromatic N) is 6. The molecule has 4 aromatic heterocycles. The third-order valence-electron chi connectivity index (χ3n) is 5.13. The molecule has 4 rings (SSSR count). The Morgan fingerprint density at radius 3 is 2.84 bits per heavy atom. The minimum atomic E-state index is -0.163. The first-order chi connectivity index (χ1) is 15.1.